The van der Waals surface area contributed by atoms with Crippen LogP contribution >= 0.6 is 27.5 Å². The van der Waals surface area contributed by atoms with E-state index < -0.39 is 28.7 Å². The van der Waals surface area contributed by atoms with E-state index in [1.807, 2.05) is 0 Å². The molecule has 0 spiro atoms. The fourth-order valence-electron chi connectivity index (χ4n) is 4.21. The van der Waals surface area contributed by atoms with Crippen LogP contribution in [0.2, 0.25) is 5.02 Å². The van der Waals surface area contributed by atoms with Gasteiger partial charge in [0.1, 0.15) is 5.69 Å². The van der Waals surface area contributed by atoms with E-state index in [4.69, 9.17) is 11.6 Å². The van der Waals surface area contributed by atoms with Gasteiger partial charge in [-0.05, 0) is 50.4 Å². The number of benzene rings is 1. The summed E-state index contributed by atoms with van der Waals surface area (Å²) in [4.78, 5) is 25.2. The van der Waals surface area contributed by atoms with Crippen LogP contribution < -0.4 is 16.2 Å². The van der Waals surface area contributed by atoms with E-state index in [9.17, 15) is 19.1 Å². The van der Waals surface area contributed by atoms with Crippen LogP contribution in [-0.2, 0) is 7.05 Å². The normalized spacial score (nSPS) is 25.8. The highest BCUT2D eigenvalue weighted by Crippen LogP contribution is 2.44. The van der Waals surface area contributed by atoms with Gasteiger partial charge in [0, 0.05) is 23.5 Å². The molecule has 0 unspecified atom stereocenters. The first-order chi connectivity index (χ1) is 14.2. The van der Waals surface area contributed by atoms with E-state index in [0.717, 1.165) is 28.5 Å². The molecule has 2 heterocycles. The van der Waals surface area contributed by atoms with Crippen LogP contribution in [0.25, 0.3) is 0 Å². The third-order valence-corrected chi connectivity index (χ3v) is 6.70. The summed E-state index contributed by atoms with van der Waals surface area (Å²) >= 11 is 9.50. The number of nitrogens with zero attached hydrogens (tertiary/aromatic N) is 2. The molecule has 1 aliphatic carbocycles. The number of aromatic nitrogens is 2. The number of rotatable bonds is 5. The molecule has 1 aromatic carbocycles. The summed E-state index contributed by atoms with van der Waals surface area (Å²) < 4.78 is 16.4. The zero-order valence-corrected chi connectivity index (χ0v) is 18.6. The van der Waals surface area contributed by atoms with Gasteiger partial charge in [-0.15, -0.1) is 0 Å². The van der Waals surface area contributed by atoms with E-state index in [-0.39, 0.29) is 35.3 Å². The number of Topliss-reactive ketones (excluding diaryl/α,β-unsaturated/α-hetero) is 1. The molecule has 0 amide bonds. The summed E-state index contributed by atoms with van der Waals surface area (Å²) in [5.74, 6) is -2.02. The number of aliphatic hydroxyl groups is 1. The standard InChI is InChI=1S/C20H21BrClFN4O3/c1-27-19(29)15(23)16(25-13-5-4-11(21)7-12(13)22)17(26-27)18(28)10-8-20(30,9-10)14-3-2-6-24-14/h4-5,7,10,14,24-25,30H,2-3,6,8-9H2,1H3/t10?,14-,20?/m0/s1. The molecule has 0 radical (unpaired) electrons. The largest absolute Gasteiger partial charge is 0.388 e. The Hall–Kier alpha value is -1.81. The average molecular weight is 500 g/mol. The van der Waals surface area contributed by atoms with E-state index in [1.165, 1.54) is 7.05 Å². The van der Waals surface area contributed by atoms with Gasteiger partial charge in [0.2, 0.25) is 5.82 Å². The lowest BCUT2D eigenvalue weighted by Gasteiger charge is -2.46. The Morgan fingerprint density at radius 1 is 1.47 bits per heavy atom. The van der Waals surface area contributed by atoms with Crippen molar-refractivity contribution in [3.8, 4) is 0 Å². The molecular formula is C20H21BrClFN4O3. The second kappa shape index (κ2) is 8.03. The monoisotopic (exact) mass is 498 g/mol. The minimum atomic E-state index is -1.11. The average Bonchev–Trinajstić information content (AvgIpc) is 3.22. The lowest BCUT2D eigenvalue weighted by atomic mass is 9.64. The molecule has 1 aliphatic heterocycles. The number of carbonyl (C=O) groups excluding carboxylic acids is 1. The van der Waals surface area contributed by atoms with E-state index in [1.54, 1.807) is 18.2 Å². The quantitative estimate of drug-likeness (QED) is 0.547. The Bertz CT molecular complexity index is 1060. The molecule has 10 heteroatoms. The molecule has 0 bridgehead atoms. The minimum Gasteiger partial charge on any atom is -0.388 e. The second-order valence-electron chi connectivity index (χ2n) is 7.94. The lowest BCUT2D eigenvalue weighted by Crippen LogP contribution is -2.58. The Kier molecular flexibility index (Phi) is 5.73. The molecule has 3 N–H and O–H groups in total. The molecule has 30 heavy (non-hydrogen) atoms. The zero-order valence-electron chi connectivity index (χ0n) is 16.2. The first-order valence-electron chi connectivity index (χ1n) is 9.68. The fourth-order valence-corrected chi connectivity index (χ4v) is 4.93. The number of hydrogen-bond acceptors (Lipinski definition) is 6. The molecule has 2 aliphatic rings. The van der Waals surface area contributed by atoms with Gasteiger partial charge in [-0.2, -0.15) is 9.49 Å². The van der Waals surface area contributed by atoms with Gasteiger partial charge in [-0.25, -0.2) is 4.68 Å². The van der Waals surface area contributed by atoms with Crippen LogP contribution in [0.3, 0.4) is 0 Å². The summed E-state index contributed by atoms with van der Waals surface area (Å²) in [6.45, 7) is 0.848. The maximum atomic E-state index is 14.9. The first kappa shape index (κ1) is 21.4. The number of carbonyl (C=O) groups is 1. The number of aryl methyl sites for hydroxylation is 1. The molecule has 2 aromatic rings. The Labute approximate surface area is 185 Å². The Morgan fingerprint density at radius 3 is 2.83 bits per heavy atom. The highest BCUT2D eigenvalue weighted by Gasteiger charge is 2.52. The maximum Gasteiger partial charge on any atom is 0.304 e. The van der Waals surface area contributed by atoms with Gasteiger partial charge in [-0.3, -0.25) is 9.59 Å². The molecule has 2 fully saturated rings. The molecule has 1 aromatic heterocycles. The number of nitrogens with one attached hydrogen (secondary N) is 2. The third kappa shape index (κ3) is 3.79. The molecule has 160 valence electrons. The van der Waals surface area contributed by atoms with Crippen LogP contribution in [0.5, 0.6) is 0 Å². The molecule has 1 saturated heterocycles. The minimum absolute atomic E-state index is 0.0365. The van der Waals surface area contributed by atoms with E-state index in [0.29, 0.717) is 5.69 Å². The van der Waals surface area contributed by atoms with Gasteiger partial charge in [-0.1, -0.05) is 27.5 Å². The smallest absolute Gasteiger partial charge is 0.304 e. The molecule has 4 rings (SSSR count). The van der Waals surface area contributed by atoms with Crippen molar-refractivity contribution in [2.24, 2.45) is 13.0 Å². The molecule has 7 nitrogen and oxygen atoms in total. The summed E-state index contributed by atoms with van der Waals surface area (Å²) in [6, 6.07) is 4.87. The predicted molar refractivity (Wildman–Crippen MR) is 115 cm³/mol. The van der Waals surface area contributed by atoms with Gasteiger partial charge >= 0.3 is 5.56 Å². The van der Waals surface area contributed by atoms with Crippen molar-refractivity contribution in [3.05, 3.63) is 49.6 Å². The number of hydrogen-bond donors (Lipinski definition) is 3. The SMILES string of the molecule is Cn1nc(C(=O)C2CC(O)([C@@H]3CCCN3)C2)c(Nc2ccc(Br)cc2Cl)c(F)c1=O. The number of halogens is 3. The molecular weight excluding hydrogens is 479 g/mol. The van der Waals surface area contributed by atoms with Crippen molar-refractivity contribution in [1.82, 2.24) is 15.1 Å². The topological polar surface area (TPSA) is 96.2 Å². The van der Waals surface area contributed by atoms with Gasteiger partial charge in [0.25, 0.3) is 0 Å². The van der Waals surface area contributed by atoms with Crippen molar-refractivity contribution in [1.29, 1.82) is 0 Å². The highest BCUT2D eigenvalue weighted by atomic mass is 79.9. The van der Waals surface area contributed by atoms with Crippen LogP contribution in [0, 0.1) is 11.7 Å². The van der Waals surface area contributed by atoms with Crippen molar-refractivity contribution >= 4 is 44.7 Å². The predicted octanol–water partition coefficient (Wildman–Crippen LogP) is 3.15. The van der Waals surface area contributed by atoms with Crippen LogP contribution in [0.15, 0.2) is 27.5 Å². The van der Waals surface area contributed by atoms with E-state index >= 15 is 0 Å². The maximum absolute atomic E-state index is 14.9. The fraction of sp³-hybridized carbons (Fsp3) is 0.450. The second-order valence-corrected chi connectivity index (χ2v) is 9.26. The van der Waals surface area contributed by atoms with Crippen molar-refractivity contribution < 1.29 is 14.3 Å². The number of ketones is 1. The zero-order chi connectivity index (χ0) is 21.6. The van der Waals surface area contributed by atoms with Gasteiger partial charge in [0.15, 0.2) is 11.5 Å². The Balaban J connectivity index is 1.64. The van der Waals surface area contributed by atoms with Crippen LogP contribution in [0.1, 0.15) is 36.2 Å². The van der Waals surface area contributed by atoms with Crippen molar-refractivity contribution in [2.75, 3.05) is 11.9 Å². The lowest BCUT2D eigenvalue weighted by molar-refractivity contribution is -0.0857. The van der Waals surface area contributed by atoms with E-state index in [2.05, 4.69) is 31.7 Å². The number of anilines is 2. The summed E-state index contributed by atoms with van der Waals surface area (Å²) in [5, 5.41) is 21.1. The van der Waals surface area contributed by atoms with Crippen molar-refractivity contribution in [2.45, 2.75) is 37.3 Å². The van der Waals surface area contributed by atoms with Crippen LogP contribution in [-0.4, -0.2) is 38.9 Å². The van der Waals surface area contributed by atoms with Gasteiger partial charge < -0.3 is 15.7 Å². The summed E-state index contributed by atoms with van der Waals surface area (Å²) in [5.41, 5.74) is -2.05. The third-order valence-electron chi connectivity index (χ3n) is 5.89. The van der Waals surface area contributed by atoms with Crippen LogP contribution in [0.4, 0.5) is 15.8 Å². The van der Waals surface area contributed by atoms with Crippen molar-refractivity contribution in [3.63, 3.8) is 0 Å². The molecule has 1 saturated carbocycles. The molecule has 1 atom stereocenters. The summed E-state index contributed by atoms with van der Waals surface area (Å²) in [6.07, 6.45) is 2.39. The summed E-state index contributed by atoms with van der Waals surface area (Å²) in [7, 11) is 1.29. The first-order valence-corrected chi connectivity index (χ1v) is 10.9. The highest BCUT2D eigenvalue weighted by molar-refractivity contribution is 9.10. The Morgan fingerprint density at radius 2 is 2.20 bits per heavy atom. The van der Waals surface area contributed by atoms with Gasteiger partial charge in [0.05, 0.1) is 16.3 Å².